The van der Waals surface area contributed by atoms with Crippen LogP contribution in [0.15, 0.2) is 17.1 Å². The molecular weight excluding hydrogens is 226 g/mol. The lowest BCUT2D eigenvalue weighted by Gasteiger charge is -2.13. The molecule has 0 N–H and O–H groups in total. The Hall–Kier alpha value is -0.960. The summed E-state index contributed by atoms with van der Waals surface area (Å²) in [4.78, 5) is 11.7. The molecule has 0 atom stereocenters. The fourth-order valence-electron chi connectivity index (χ4n) is 1.37. The molecule has 1 rings (SSSR count). The van der Waals surface area contributed by atoms with Gasteiger partial charge in [-0.3, -0.25) is 4.79 Å². The molecule has 3 nitrogen and oxygen atoms in total. The van der Waals surface area contributed by atoms with E-state index in [0.29, 0.717) is 24.2 Å². The second-order valence-corrected chi connectivity index (χ2v) is 4.39. The summed E-state index contributed by atoms with van der Waals surface area (Å²) in [7, 11) is 0. The van der Waals surface area contributed by atoms with E-state index in [9.17, 15) is 4.79 Å². The maximum absolute atomic E-state index is 11.7. The van der Waals surface area contributed by atoms with Crippen LogP contribution in [-0.2, 0) is 12.4 Å². The van der Waals surface area contributed by atoms with E-state index < -0.39 is 0 Å². The van der Waals surface area contributed by atoms with E-state index in [0.717, 1.165) is 12.2 Å². The molecule has 0 amide bonds. The van der Waals surface area contributed by atoms with Gasteiger partial charge in [0.1, 0.15) is 0 Å². The number of ether oxygens (including phenoxy) is 1. The first kappa shape index (κ1) is 13.1. The van der Waals surface area contributed by atoms with Crippen molar-refractivity contribution in [1.29, 1.82) is 0 Å². The van der Waals surface area contributed by atoms with Crippen LogP contribution in [0.25, 0.3) is 0 Å². The fourth-order valence-corrected chi connectivity index (χ4v) is 1.60. The summed E-state index contributed by atoms with van der Waals surface area (Å²) in [5.41, 5.74) is 0.729. The minimum Gasteiger partial charge on any atom is -0.488 e. The third kappa shape index (κ3) is 3.27. The zero-order valence-electron chi connectivity index (χ0n) is 10.00. The van der Waals surface area contributed by atoms with Crippen molar-refractivity contribution in [2.24, 2.45) is 5.92 Å². The van der Waals surface area contributed by atoms with Gasteiger partial charge in [0.05, 0.1) is 18.7 Å². The van der Waals surface area contributed by atoms with Crippen LogP contribution in [0.4, 0.5) is 0 Å². The van der Waals surface area contributed by atoms with Crippen molar-refractivity contribution in [2.45, 2.75) is 33.2 Å². The van der Waals surface area contributed by atoms with Crippen molar-refractivity contribution in [3.8, 4) is 5.75 Å². The third-order valence-corrected chi connectivity index (χ3v) is 2.51. The van der Waals surface area contributed by atoms with Crippen molar-refractivity contribution >= 4 is 11.6 Å². The lowest BCUT2D eigenvalue weighted by molar-refractivity contribution is 0.266. The van der Waals surface area contributed by atoms with Gasteiger partial charge in [-0.15, -0.1) is 11.6 Å². The average molecular weight is 244 g/mol. The highest BCUT2D eigenvalue weighted by molar-refractivity contribution is 6.16. The summed E-state index contributed by atoms with van der Waals surface area (Å²) >= 11 is 5.76. The molecule has 0 unspecified atom stereocenters. The third-order valence-electron chi connectivity index (χ3n) is 2.23. The largest absolute Gasteiger partial charge is 0.488 e. The Morgan fingerprint density at radius 2 is 2.19 bits per heavy atom. The van der Waals surface area contributed by atoms with Gasteiger partial charge in [-0.25, -0.2) is 0 Å². The second-order valence-electron chi connectivity index (χ2n) is 4.12. The van der Waals surface area contributed by atoms with Gasteiger partial charge in [-0.05, 0) is 12.8 Å². The van der Waals surface area contributed by atoms with E-state index in [2.05, 4.69) is 0 Å². The first-order chi connectivity index (χ1) is 7.58. The Morgan fingerprint density at radius 1 is 1.50 bits per heavy atom. The van der Waals surface area contributed by atoms with E-state index in [1.54, 1.807) is 12.3 Å². The molecule has 16 heavy (non-hydrogen) atoms. The molecular formula is C12H18ClNO2. The normalized spacial score (nSPS) is 10.8. The quantitative estimate of drug-likeness (QED) is 0.745. The predicted molar refractivity (Wildman–Crippen MR) is 66.3 cm³/mol. The molecule has 1 heterocycles. The topological polar surface area (TPSA) is 31.2 Å². The summed E-state index contributed by atoms with van der Waals surface area (Å²) in [5, 5.41) is 0. The molecule has 0 aromatic carbocycles. The van der Waals surface area contributed by atoms with E-state index in [4.69, 9.17) is 16.3 Å². The molecule has 1 aromatic rings. The van der Waals surface area contributed by atoms with Crippen LogP contribution in [0.5, 0.6) is 5.75 Å². The van der Waals surface area contributed by atoms with Crippen LogP contribution in [0.2, 0.25) is 0 Å². The molecule has 0 aliphatic rings. The number of hydrogen-bond donors (Lipinski definition) is 0. The SMILES string of the molecule is CCn1cc(OCC(C)C)c(=O)cc1CCl. The van der Waals surface area contributed by atoms with Crippen molar-refractivity contribution in [2.75, 3.05) is 6.61 Å². The molecule has 4 heteroatoms. The number of nitrogens with zero attached hydrogens (tertiary/aromatic N) is 1. The van der Waals surface area contributed by atoms with Gasteiger partial charge in [-0.2, -0.15) is 0 Å². The standard InChI is InChI=1S/C12H18ClNO2/c1-4-14-7-12(16-8-9(2)3)11(15)5-10(14)6-13/h5,7,9H,4,6,8H2,1-3H3. The number of pyridine rings is 1. The van der Waals surface area contributed by atoms with Crippen LogP contribution in [0.1, 0.15) is 26.5 Å². The summed E-state index contributed by atoms with van der Waals surface area (Å²) < 4.78 is 7.40. The number of aryl methyl sites for hydroxylation is 1. The van der Waals surface area contributed by atoms with E-state index in [-0.39, 0.29) is 5.43 Å². The second kappa shape index (κ2) is 5.94. The van der Waals surface area contributed by atoms with E-state index in [1.807, 2.05) is 25.3 Å². The monoisotopic (exact) mass is 243 g/mol. The van der Waals surface area contributed by atoms with Gasteiger partial charge in [0.2, 0.25) is 5.43 Å². The van der Waals surface area contributed by atoms with Crippen molar-refractivity contribution in [3.05, 3.63) is 28.2 Å². The maximum Gasteiger partial charge on any atom is 0.223 e. The molecule has 0 aliphatic carbocycles. The molecule has 0 spiro atoms. The van der Waals surface area contributed by atoms with Crippen LogP contribution in [-0.4, -0.2) is 11.2 Å². The lowest BCUT2D eigenvalue weighted by Crippen LogP contribution is -2.16. The van der Waals surface area contributed by atoms with E-state index >= 15 is 0 Å². The minimum absolute atomic E-state index is 0.0963. The molecule has 90 valence electrons. The highest BCUT2D eigenvalue weighted by atomic mass is 35.5. The Bertz CT molecular complexity index is 398. The number of aromatic nitrogens is 1. The lowest BCUT2D eigenvalue weighted by atomic mass is 10.2. The highest BCUT2D eigenvalue weighted by Gasteiger charge is 2.06. The van der Waals surface area contributed by atoms with Gasteiger partial charge in [-0.1, -0.05) is 13.8 Å². The predicted octanol–water partition coefficient (Wildman–Crippen LogP) is 2.64. The number of rotatable bonds is 5. The first-order valence-corrected chi connectivity index (χ1v) is 6.04. The number of halogens is 1. The zero-order chi connectivity index (χ0) is 12.1. The van der Waals surface area contributed by atoms with Gasteiger partial charge in [0.15, 0.2) is 5.75 Å². The number of hydrogen-bond acceptors (Lipinski definition) is 2. The first-order valence-electron chi connectivity index (χ1n) is 5.50. The minimum atomic E-state index is -0.0963. The smallest absolute Gasteiger partial charge is 0.223 e. The Kier molecular flexibility index (Phi) is 4.87. The van der Waals surface area contributed by atoms with Crippen LogP contribution in [0, 0.1) is 5.92 Å². The fraction of sp³-hybridized carbons (Fsp3) is 0.583. The summed E-state index contributed by atoms with van der Waals surface area (Å²) in [6.45, 7) is 7.43. The Balaban J connectivity index is 2.97. The Labute approximate surface area is 101 Å². The summed E-state index contributed by atoms with van der Waals surface area (Å²) in [5.74, 6) is 1.15. The summed E-state index contributed by atoms with van der Waals surface area (Å²) in [6.07, 6.45) is 1.74. The number of alkyl halides is 1. The molecule has 0 bridgehead atoms. The zero-order valence-corrected chi connectivity index (χ0v) is 10.8. The molecule has 0 radical (unpaired) electrons. The molecule has 0 saturated carbocycles. The van der Waals surface area contributed by atoms with Gasteiger partial charge in [0, 0.05) is 18.3 Å². The maximum atomic E-state index is 11.7. The van der Waals surface area contributed by atoms with Gasteiger partial charge >= 0.3 is 0 Å². The summed E-state index contributed by atoms with van der Waals surface area (Å²) in [6, 6.07) is 1.55. The molecule has 1 aromatic heterocycles. The molecule has 0 fully saturated rings. The molecule has 0 saturated heterocycles. The van der Waals surface area contributed by atoms with E-state index in [1.165, 1.54) is 0 Å². The van der Waals surface area contributed by atoms with Crippen molar-refractivity contribution < 1.29 is 4.74 Å². The Morgan fingerprint density at radius 3 is 2.69 bits per heavy atom. The van der Waals surface area contributed by atoms with Gasteiger partial charge < -0.3 is 9.30 Å². The van der Waals surface area contributed by atoms with Crippen LogP contribution < -0.4 is 10.2 Å². The van der Waals surface area contributed by atoms with Crippen LogP contribution >= 0.6 is 11.6 Å². The van der Waals surface area contributed by atoms with Crippen LogP contribution in [0.3, 0.4) is 0 Å². The average Bonchev–Trinajstić information content (AvgIpc) is 2.26. The van der Waals surface area contributed by atoms with Gasteiger partial charge in [0.25, 0.3) is 0 Å². The van der Waals surface area contributed by atoms with Crippen molar-refractivity contribution in [3.63, 3.8) is 0 Å². The molecule has 0 aliphatic heterocycles. The van der Waals surface area contributed by atoms with Crippen molar-refractivity contribution in [1.82, 2.24) is 4.57 Å². The highest BCUT2D eigenvalue weighted by Crippen LogP contribution is 2.10.